The van der Waals surface area contributed by atoms with Crippen molar-refractivity contribution in [3.8, 4) is 0 Å². The Morgan fingerprint density at radius 1 is 1.00 bits per heavy atom. The van der Waals surface area contributed by atoms with Crippen molar-refractivity contribution in [1.82, 2.24) is 4.90 Å². The maximum absolute atomic E-state index is 11.9. The molecule has 105 valence electrons. The number of nitrogens with zero attached hydrogens (tertiary/aromatic N) is 1. The predicted octanol–water partition coefficient (Wildman–Crippen LogP) is 1.81. The Kier molecular flexibility index (Phi) is 5.15. The molecule has 0 aliphatic carbocycles. The number of hydrogen-bond donors (Lipinski definition) is 0. The van der Waals surface area contributed by atoms with Gasteiger partial charge in [0.05, 0.1) is 24.4 Å². The Labute approximate surface area is 113 Å². The molecule has 0 atom stereocenters. The summed E-state index contributed by atoms with van der Waals surface area (Å²) in [5.41, 5.74) is 2.28. The molecular weight excluding hydrogens is 246 g/mol. The van der Waals surface area contributed by atoms with Gasteiger partial charge in [-0.15, -0.1) is 0 Å². The summed E-state index contributed by atoms with van der Waals surface area (Å²) in [6.45, 7) is 7.71. The minimum Gasteiger partial charge on any atom is -0.463 e. The van der Waals surface area contributed by atoms with E-state index in [1.54, 1.807) is 32.2 Å². The van der Waals surface area contributed by atoms with Gasteiger partial charge in [-0.3, -0.25) is 0 Å². The van der Waals surface area contributed by atoms with Crippen LogP contribution in [0.25, 0.3) is 0 Å². The van der Waals surface area contributed by atoms with Gasteiger partial charge in [0.1, 0.15) is 0 Å². The van der Waals surface area contributed by atoms with Crippen LogP contribution in [-0.4, -0.2) is 37.1 Å². The van der Waals surface area contributed by atoms with Crippen molar-refractivity contribution in [2.45, 2.75) is 27.7 Å². The number of esters is 2. The van der Waals surface area contributed by atoms with E-state index in [1.807, 2.05) is 13.8 Å². The Hall–Kier alpha value is -1.78. The Bertz CT molecular complexity index is 408. The number of ether oxygens (including phenoxy) is 2. The average molecular weight is 266 g/mol. The zero-order chi connectivity index (χ0) is 14.6. The van der Waals surface area contributed by atoms with Crippen LogP contribution in [0.1, 0.15) is 27.7 Å². The molecule has 1 aliphatic heterocycles. The van der Waals surface area contributed by atoms with Gasteiger partial charge >= 0.3 is 11.9 Å². The lowest BCUT2D eigenvalue weighted by atomic mass is 9.97. The lowest BCUT2D eigenvalue weighted by molar-refractivity contribution is -0.138. The van der Waals surface area contributed by atoms with E-state index < -0.39 is 11.9 Å². The first kappa shape index (κ1) is 15.3. The van der Waals surface area contributed by atoms with Crippen molar-refractivity contribution in [3.05, 3.63) is 29.0 Å². The van der Waals surface area contributed by atoms with Gasteiger partial charge in [0, 0.05) is 24.9 Å². The summed E-state index contributed by atoms with van der Waals surface area (Å²) in [4.78, 5) is 25.5. The lowest BCUT2D eigenvalue weighted by Crippen LogP contribution is -2.28. The van der Waals surface area contributed by atoms with Gasteiger partial charge in [0.25, 0.3) is 0 Å². The van der Waals surface area contributed by atoms with Crippen LogP contribution < -0.4 is 0 Å². The molecule has 19 heavy (non-hydrogen) atoms. The van der Waals surface area contributed by atoms with Crippen LogP contribution in [0, 0.1) is 6.42 Å². The molecule has 0 bridgehead atoms. The molecule has 5 nitrogen and oxygen atoms in total. The van der Waals surface area contributed by atoms with E-state index >= 15 is 0 Å². The van der Waals surface area contributed by atoms with Crippen molar-refractivity contribution in [3.63, 3.8) is 0 Å². The highest BCUT2D eigenvalue weighted by atomic mass is 16.5. The molecule has 0 N–H and O–H groups in total. The van der Waals surface area contributed by atoms with Crippen LogP contribution in [0.5, 0.6) is 0 Å². The molecule has 0 unspecified atom stereocenters. The number of carbonyl (C=O) groups is 2. The van der Waals surface area contributed by atoms with Gasteiger partial charge in [0.15, 0.2) is 0 Å². The fourth-order valence-corrected chi connectivity index (χ4v) is 1.80. The Morgan fingerprint density at radius 2 is 1.37 bits per heavy atom. The van der Waals surface area contributed by atoms with Crippen molar-refractivity contribution in [2.75, 3.05) is 20.3 Å². The first-order chi connectivity index (χ1) is 8.93. The predicted molar refractivity (Wildman–Crippen MR) is 70.7 cm³/mol. The summed E-state index contributed by atoms with van der Waals surface area (Å²) < 4.78 is 9.99. The smallest absolute Gasteiger partial charge is 0.336 e. The number of hydrogen-bond acceptors (Lipinski definition) is 5. The zero-order valence-electron chi connectivity index (χ0n) is 12.1. The largest absolute Gasteiger partial charge is 0.463 e. The minimum atomic E-state index is -0.429. The Morgan fingerprint density at radius 3 is 1.68 bits per heavy atom. The molecule has 0 spiro atoms. The zero-order valence-corrected chi connectivity index (χ0v) is 12.1. The fraction of sp³-hybridized carbons (Fsp3) is 0.500. The monoisotopic (exact) mass is 266 g/mol. The van der Waals surface area contributed by atoms with Crippen molar-refractivity contribution >= 4 is 11.9 Å². The van der Waals surface area contributed by atoms with E-state index in [-0.39, 0.29) is 0 Å². The van der Waals surface area contributed by atoms with Gasteiger partial charge in [-0.2, -0.15) is 0 Å². The molecule has 5 heteroatoms. The van der Waals surface area contributed by atoms with Crippen molar-refractivity contribution < 1.29 is 19.1 Å². The standard InChI is InChI=1S/C14H20NO4/c1-6-18-13(16)11-8-12(14(17)19-7-2)10(4)15(5)9(11)3/h8H,6-7H2,1-5H3. The van der Waals surface area contributed by atoms with E-state index in [1.165, 1.54) is 0 Å². The fourth-order valence-electron chi connectivity index (χ4n) is 1.80. The summed E-state index contributed by atoms with van der Waals surface area (Å²) in [5, 5.41) is 0. The van der Waals surface area contributed by atoms with Gasteiger partial charge in [-0.1, -0.05) is 0 Å². The Balaban J connectivity index is 3.05. The minimum absolute atomic E-state index is 0.296. The van der Waals surface area contributed by atoms with Gasteiger partial charge in [-0.25, -0.2) is 9.59 Å². The van der Waals surface area contributed by atoms with Crippen LogP contribution in [0.15, 0.2) is 22.5 Å². The third-order valence-electron chi connectivity index (χ3n) is 3.07. The third-order valence-corrected chi connectivity index (χ3v) is 3.07. The molecule has 0 fully saturated rings. The molecule has 0 aromatic rings. The van der Waals surface area contributed by atoms with E-state index in [0.29, 0.717) is 24.4 Å². The summed E-state index contributed by atoms with van der Waals surface area (Å²) in [7, 11) is 1.80. The normalized spacial score (nSPS) is 15.7. The molecular formula is C14H20NO4. The summed E-state index contributed by atoms with van der Waals surface area (Å²) in [6.07, 6.45) is 1.54. The highest BCUT2D eigenvalue weighted by Gasteiger charge is 2.29. The number of rotatable bonds is 4. The molecule has 0 aromatic carbocycles. The van der Waals surface area contributed by atoms with E-state index in [0.717, 1.165) is 11.4 Å². The van der Waals surface area contributed by atoms with Gasteiger partial charge < -0.3 is 14.4 Å². The maximum atomic E-state index is 11.9. The van der Waals surface area contributed by atoms with Crippen LogP contribution in [0.4, 0.5) is 0 Å². The van der Waals surface area contributed by atoms with Crippen molar-refractivity contribution in [2.24, 2.45) is 0 Å². The molecule has 0 saturated heterocycles. The van der Waals surface area contributed by atoms with Crippen LogP contribution in [0.3, 0.4) is 0 Å². The number of carbonyl (C=O) groups excluding carboxylic acids is 2. The quantitative estimate of drug-likeness (QED) is 0.726. The SMILES string of the molecule is CCOC(=O)C1=C(C)N(C)C(C)=C(C(=O)OCC)[CH]1. The topological polar surface area (TPSA) is 55.8 Å². The van der Waals surface area contributed by atoms with E-state index in [4.69, 9.17) is 9.47 Å². The summed E-state index contributed by atoms with van der Waals surface area (Å²) in [6, 6.07) is 0. The van der Waals surface area contributed by atoms with E-state index in [2.05, 4.69) is 0 Å². The summed E-state index contributed by atoms with van der Waals surface area (Å²) in [5.74, 6) is -0.859. The highest BCUT2D eigenvalue weighted by Crippen LogP contribution is 2.29. The molecule has 1 heterocycles. The highest BCUT2D eigenvalue weighted by molar-refractivity contribution is 6.00. The van der Waals surface area contributed by atoms with Gasteiger partial charge in [-0.05, 0) is 27.7 Å². The second kappa shape index (κ2) is 6.41. The first-order valence-corrected chi connectivity index (χ1v) is 6.28. The second-order valence-electron chi connectivity index (χ2n) is 4.14. The molecule has 1 rings (SSSR count). The summed E-state index contributed by atoms with van der Waals surface area (Å²) >= 11 is 0. The van der Waals surface area contributed by atoms with Crippen LogP contribution in [-0.2, 0) is 19.1 Å². The molecule has 1 aliphatic rings. The second-order valence-corrected chi connectivity index (χ2v) is 4.14. The molecule has 0 saturated carbocycles. The maximum Gasteiger partial charge on any atom is 0.336 e. The average Bonchev–Trinajstić information content (AvgIpc) is 2.36. The van der Waals surface area contributed by atoms with Crippen LogP contribution in [0.2, 0.25) is 0 Å². The molecule has 0 aromatic heterocycles. The first-order valence-electron chi connectivity index (χ1n) is 6.28. The number of allylic oxidation sites excluding steroid dienone is 2. The third kappa shape index (κ3) is 3.16. The molecule has 0 amide bonds. The van der Waals surface area contributed by atoms with Crippen molar-refractivity contribution in [1.29, 1.82) is 0 Å². The van der Waals surface area contributed by atoms with Gasteiger partial charge in [0.2, 0.25) is 0 Å². The molecule has 1 radical (unpaired) electrons. The van der Waals surface area contributed by atoms with Crippen LogP contribution >= 0.6 is 0 Å². The lowest BCUT2D eigenvalue weighted by Gasteiger charge is -2.30. The van der Waals surface area contributed by atoms with E-state index in [9.17, 15) is 9.59 Å².